The fourth-order valence-corrected chi connectivity index (χ4v) is 2.70. The van der Waals surface area contributed by atoms with E-state index in [1.54, 1.807) is 6.07 Å². The van der Waals surface area contributed by atoms with E-state index in [-0.39, 0.29) is 13.2 Å². The van der Waals surface area contributed by atoms with Crippen LogP contribution in [0.25, 0.3) is 0 Å². The maximum Gasteiger partial charge on any atom is 0.344 e. The van der Waals surface area contributed by atoms with Crippen LogP contribution in [0.3, 0.4) is 0 Å². The van der Waals surface area contributed by atoms with E-state index in [2.05, 4.69) is 24.5 Å². The minimum absolute atomic E-state index is 0.280. The molecule has 2 aromatic rings. The predicted molar refractivity (Wildman–Crippen MR) is 109 cm³/mol. The normalized spacial score (nSPS) is 10.3. The van der Waals surface area contributed by atoms with Gasteiger partial charge in [-0.1, -0.05) is 50.2 Å². The Kier molecular flexibility index (Phi) is 8.21. The Labute approximate surface area is 170 Å². The summed E-state index contributed by atoms with van der Waals surface area (Å²) in [4.78, 5) is 35.1. The van der Waals surface area contributed by atoms with Gasteiger partial charge >= 0.3 is 12.0 Å². The van der Waals surface area contributed by atoms with Crippen LogP contribution in [0.5, 0.6) is 5.75 Å². The Balaban J connectivity index is 1.67. The van der Waals surface area contributed by atoms with Crippen molar-refractivity contribution in [3.63, 3.8) is 0 Å². The molecule has 0 radical (unpaired) electrons. The summed E-state index contributed by atoms with van der Waals surface area (Å²) < 4.78 is 10.2. The van der Waals surface area contributed by atoms with Gasteiger partial charge in [-0.15, -0.1) is 0 Å². The molecule has 0 bridgehead atoms. The summed E-state index contributed by atoms with van der Waals surface area (Å²) in [6.07, 6.45) is 0. The molecule has 3 amide bonds. The zero-order chi connectivity index (χ0) is 21.2. The largest absolute Gasteiger partial charge is 0.482 e. The van der Waals surface area contributed by atoms with E-state index in [1.807, 2.05) is 49.4 Å². The lowest BCUT2D eigenvalue weighted by Crippen LogP contribution is -2.41. The second-order valence-corrected chi connectivity index (χ2v) is 6.84. The van der Waals surface area contributed by atoms with E-state index < -0.39 is 24.5 Å². The number of rotatable bonds is 8. The van der Waals surface area contributed by atoms with Crippen LogP contribution in [-0.2, 0) is 20.9 Å². The van der Waals surface area contributed by atoms with Gasteiger partial charge in [0.15, 0.2) is 13.2 Å². The van der Waals surface area contributed by atoms with Crippen molar-refractivity contribution in [3.05, 3.63) is 65.2 Å². The summed E-state index contributed by atoms with van der Waals surface area (Å²) in [7, 11) is 0. The lowest BCUT2D eigenvalue weighted by Gasteiger charge is -2.12. The minimum atomic E-state index is -0.721. The number of amides is 3. The molecule has 7 nitrogen and oxygen atoms in total. The molecule has 154 valence electrons. The second-order valence-electron chi connectivity index (χ2n) is 6.84. The second kappa shape index (κ2) is 10.8. The molecule has 7 heteroatoms. The number of hydrogen-bond acceptors (Lipinski definition) is 5. The number of benzene rings is 2. The van der Waals surface area contributed by atoms with Gasteiger partial charge in [-0.25, -0.2) is 9.59 Å². The number of hydrogen-bond donors (Lipinski definition) is 2. The van der Waals surface area contributed by atoms with Crippen LogP contribution in [0.2, 0.25) is 0 Å². The van der Waals surface area contributed by atoms with Crippen molar-refractivity contribution >= 4 is 17.9 Å². The predicted octanol–water partition coefficient (Wildman–Crippen LogP) is 3.07. The number of urea groups is 1. The van der Waals surface area contributed by atoms with Crippen molar-refractivity contribution in [3.8, 4) is 5.75 Å². The van der Waals surface area contributed by atoms with Gasteiger partial charge in [0.25, 0.3) is 5.91 Å². The third-order valence-corrected chi connectivity index (χ3v) is 4.13. The molecule has 0 aliphatic carbocycles. The molecular weight excluding hydrogens is 372 g/mol. The molecule has 0 unspecified atom stereocenters. The average molecular weight is 398 g/mol. The fraction of sp³-hybridized carbons (Fsp3) is 0.318. The van der Waals surface area contributed by atoms with Gasteiger partial charge in [0.1, 0.15) is 5.75 Å². The highest BCUT2D eigenvalue weighted by atomic mass is 16.6. The Hall–Kier alpha value is -3.35. The molecule has 2 rings (SSSR count). The highest BCUT2D eigenvalue weighted by molar-refractivity contribution is 5.95. The number of aryl methyl sites for hydroxylation is 1. The standard InChI is InChI=1S/C22H26N2O5/c1-15(2)19-10-9-18(11-16(19)3)28-14-21(26)29-13-20(25)24-22(27)23-12-17-7-5-4-6-8-17/h4-11,15H,12-14H2,1-3H3,(H2,23,24,25,27). The van der Waals surface area contributed by atoms with Gasteiger partial charge in [0.2, 0.25) is 0 Å². The quantitative estimate of drug-likeness (QED) is 0.667. The van der Waals surface area contributed by atoms with Gasteiger partial charge in [0.05, 0.1) is 0 Å². The Bertz CT molecular complexity index is 850. The molecule has 0 heterocycles. The number of nitrogens with one attached hydrogen (secondary N) is 2. The summed E-state index contributed by atoms with van der Waals surface area (Å²) >= 11 is 0. The first kappa shape index (κ1) is 21.9. The van der Waals surface area contributed by atoms with Gasteiger partial charge in [0, 0.05) is 6.54 Å². The highest BCUT2D eigenvalue weighted by Crippen LogP contribution is 2.23. The van der Waals surface area contributed by atoms with Crippen LogP contribution in [0.1, 0.15) is 36.5 Å². The zero-order valence-corrected chi connectivity index (χ0v) is 16.9. The van der Waals surface area contributed by atoms with Gasteiger partial charge in [-0.3, -0.25) is 10.1 Å². The molecule has 0 spiro atoms. The van der Waals surface area contributed by atoms with Crippen LogP contribution in [0.4, 0.5) is 4.79 Å². The van der Waals surface area contributed by atoms with Gasteiger partial charge < -0.3 is 14.8 Å². The smallest absolute Gasteiger partial charge is 0.344 e. The van der Waals surface area contributed by atoms with E-state index in [0.717, 1.165) is 11.1 Å². The van der Waals surface area contributed by atoms with Crippen molar-refractivity contribution in [2.75, 3.05) is 13.2 Å². The lowest BCUT2D eigenvalue weighted by molar-refractivity contribution is -0.150. The Morgan fingerprint density at radius 3 is 2.38 bits per heavy atom. The van der Waals surface area contributed by atoms with Crippen molar-refractivity contribution in [2.24, 2.45) is 0 Å². The van der Waals surface area contributed by atoms with E-state index in [9.17, 15) is 14.4 Å². The highest BCUT2D eigenvalue weighted by Gasteiger charge is 2.12. The van der Waals surface area contributed by atoms with Crippen LogP contribution in [0, 0.1) is 6.92 Å². The molecule has 0 aromatic heterocycles. The molecular formula is C22H26N2O5. The molecule has 0 aliphatic heterocycles. The van der Waals surface area contributed by atoms with Crippen LogP contribution in [-0.4, -0.2) is 31.1 Å². The van der Waals surface area contributed by atoms with E-state index in [0.29, 0.717) is 11.7 Å². The van der Waals surface area contributed by atoms with Crippen molar-refractivity contribution < 1.29 is 23.9 Å². The number of carbonyl (C=O) groups excluding carboxylic acids is 3. The zero-order valence-electron chi connectivity index (χ0n) is 16.9. The summed E-state index contributed by atoms with van der Waals surface area (Å²) in [5.74, 6) is -0.470. The topological polar surface area (TPSA) is 93.7 Å². The van der Waals surface area contributed by atoms with E-state index in [1.165, 1.54) is 5.56 Å². The molecule has 0 saturated heterocycles. The van der Waals surface area contributed by atoms with Crippen LogP contribution < -0.4 is 15.4 Å². The van der Waals surface area contributed by atoms with Gasteiger partial charge in [-0.2, -0.15) is 0 Å². The van der Waals surface area contributed by atoms with Gasteiger partial charge in [-0.05, 0) is 41.7 Å². The number of carbonyl (C=O) groups is 3. The Morgan fingerprint density at radius 1 is 1.00 bits per heavy atom. The van der Waals surface area contributed by atoms with Crippen molar-refractivity contribution in [1.82, 2.24) is 10.6 Å². The van der Waals surface area contributed by atoms with Crippen molar-refractivity contribution in [1.29, 1.82) is 0 Å². The monoisotopic (exact) mass is 398 g/mol. The molecule has 0 fully saturated rings. The summed E-state index contributed by atoms with van der Waals surface area (Å²) in [5.41, 5.74) is 3.18. The lowest BCUT2D eigenvalue weighted by atomic mass is 9.98. The SMILES string of the molecule is Cc1cc(OCC(=O)OCC(=O)NC(=O)NCc2ccccc2)ccc1C(C)C. The number of imide groups is 1. The number of ether oxygens (including phenoxy) is 2. The maximum atomic E-state index is 11.7. The summed E-state index contributed by atoms with van der Waals surface area (Å²) in [5, 5.41) is 4.64. The van der Waals surface area contributed by atoms with E-state index in [4.69, 9.17) is 9.47 Å². The van der Waals surface area contributed by atoms with Crippen molar-refractivity contribution in [2.45, 2.75) is 33.2 Å². The third-order valence-electron chi connectivity index (χ3n) is 4.13. The average Bonchev–Trinajstić information content (AvgIpc) is 2.69. The first-order valence-electron chi connectivity index (χ1n) is 9.35. The molecule has 29 heavy (non-hydrogen) atoms. The number of esters is 1. The summed E-state index contributed by atoms with van der Waals surface area (Å²) in [6.45, 7) is 5.58. The summed E-state index contributed by atoms with van der Waals surface area (Å²) in [6, 6.07) is 14.2. The fourth-order valence-electron chi connectivity index (χ4n) is 2.70. The molecule has 2 N–H and O–H groups in total. The molecule has 2 aromatic carbocycles. The van der Waals surface area contributed by atoms with Crippen LogP contribution in [0.15, 0.2) is 48.5 Å². The molecule has 0 atom stereocenters. The maximum absolute atomic E-state index is 11.7. The third kappa shape index (κ3) is 7.65. The van der Waals surface area contributed by atoms with E-state index >= 15 is 0 Å². The first-order valence-corrected chi connectivity index (χ1v) is 9.35. The Morgan fingerprint density at radius 2 is 1.72 bits per heavy atom. The van der Waals surface area contributed by atoms with Crippen LogP contribution >= 0.6 is 0 Å². The first-order chi connectivity index (χ1) is 13.8. The minimum Gasteiger partial charge on any atom is -0.482 e. The molecule has 0 saturated carbocycles. The molecule has 0 aliphatic rings.